The predicted molar refractivity (Wildman–Crippen MR) is 89.5 cm³/mol. The van der Waals surface area contributed by atoms with Crippen molar-refractivity contribution in [3.05, 3.63) is 63.8 Å². The van der Waals surface area contributed by atoms with Crippen molar-refractivity contribution in [2.75, 3.05) is 31.1 Å². The monoisotopic (exact) mass is 323 g/mol. The Hall–Kier alpha value is -2.98. The summed E-state index contributed by atoms with van der Waals surface area (Å²) >= 11 is 0. The topological polar surface area (TPSA) is 86.3 Å². The Morgan fingerprint density at radius 3 is 2.50 bits per heavy atom. The lowest BCUT2D eigenvalue weighted by atomic mass is 10.1. The molecule has 2 heterocycles. The van der Waals surface area contributed by atoms with Gasteiger partial charge in [0.25, 0.3) is 0 Å². The van der Waals surface area contributed by atoms with E-state index >= 15 is 0 Å². The first kappa shape index (κ1) is 15.9. The fourth-order valence-electron chi connectivity index (χ4n) is 2.84. The highest BCUT2D eigenvalue weighted by Gasteiger charge is 2.24. The van der Waals surface area contributed by atoms with E-state index in [1.54, 1.807) is 12.3 Å². The first-order valence-corrected chi connectivity index (χ1v) is 7.73. The minimum atomic E-state index is -0.383. The molecule has 2 aromatic rings. The SMILES string of the molecule is N#Cc1ccc(CN2CCN(c3ncccc3[N+](=O)[O-])CC2)cc1. The van der Waals surface area contributed by atoms with Crippen molar-refractivity contribution in [1.29, 1.82) is 5.26 Å². The summed E-state index contributed by atoms with van der Waals surface area (Å²) in [7, 11) is 0. The van der Waals surface area contributed by atoms with Crippen molar-refractivity contribution in [2.45, 2.75) is 6.54 Å². The summed E-state index contributed by atoms with van der Waals surface area (Å²) < 4.78 is 0. The quantitative estimate of drug-likeness (QED) is 0.633. The first-order chi connectivity index (χ1) is 11.7. The lowest BCUT2D eigenvalue weighted by molar-refractivity contribution is -0.384. The molecule has 122 valence electrons. The predicted octanol–water partition coefficient (Wildman–Crippen LogP) is 2.18. The molecule has 1 fully saturated rings. The van der Waals surface area contributed by atoms with Crippen LogP contribution in [0.5, 0.6) is 0 Å². The van der Waals surface area contributed by atoms with Gasteiger partial charge in [-0.25, -0.2) is 4.98 Å². The third-order valence-corrected chi connectivity index (χ3v) is 4.12. The summed E-state index contributed by atoms with van der Waals surface area (Å²) in [5, 5.41) is 20.0. The Labute approximate surface area is 139 Å². The van der Waals surface area contributed by atoms with Gasteiger partial charge < -0.3 is 4.90 Å². The number of aromatic nitrogens is 1. The van der Waals surface area contributed by atoms with Crippen LogP contribution in [0.4, 0.5) is 11.5 Å². The number of pyridine rings is 1. The summed E-state index contributed by atoms with van der Waals surface area (Å²) in [6, 6.07) is 12.8. The molecule has 7 heteroatoms. The molecule has 0 aliphatic carbocycles. The van der Waals surface area contributed by atoms with Crippen LogP contribution in [0.3, 0.4) is 0 Å². The second kappa shape index (κ2) is 7.06. The molecule has 7 nitrogen and oxygen atoms in total. The minimum absolute atomic E-state index is 0.0537. The number of rotatable bonds is 4. The average Bonchev–Trinajstić information content (AvgIpc) is 2.63. The van der Waals surface area contributed by atoms with Crippen molar-refractivity contribution in [3.63, 3.8) is 0 Å². The normalized spacial score (nSPS) is 15.0. The standard InChI is InChI=1S/C17H17N5O2/c18-12-14-3-5-15(6-4-14)13-20-8-10-21(11-9-20)17-16(22(23)24)2-1-7-19-17/h1-7H,8-11,13H2. The van der Waals surface area contributed by atoms with Crippen molar-refractivity contribution >= 4 is 11.5 Å². The van der Waals surface area contributed by atoms with Crippen LogP contribution in [0.1, 0.15) is 11.1 Å². The Morgan fingerprint density at radius 1 is 1.17 bits per heavy atom. The van der Waals surface area contributed by atoms with Gasteiger partial charge in [-0.2, -0.15) is 5.26 Å². The Morgan fingerprint density at radius 2 is 1.88 bits per heavy atom. The molecule has 0 saturated carbocycles. The zero-order valence-electron chi connectivity index (χ0n) is 13.1. The number of hydrogen-bond donors (Lipinski definition) is 0. The van der Waals surface area contributed by atoms with E-state index in [0.29, 0.717) is 24.5 Å². The van der Waals surface area contributed by atoms with E-state index in [2.05, 4.69) is 16.0 Å². The van der Waals surface area contributed by atoms with E-state index in [0.717, 1.165) is 25.2 Å². The highest BCUT2D eigenvalue weighted by Crippen LogP contribution is 2.25. The maximum Gasteiger partial charge on any atom is 0.311 e. The second-order valence-electron chi connectivity index (χ2n) is 5.68. The van der Waals surface area contributed by atoms with E-state index in [1.807, 2.05) is 29.2 Å². The molecule has 1 aromatic heterocycles. The largest absolute Gasteiger partial charge is 0.348 e. The second-order valence-corrected chi connectivity index (χ2v) is 5.68. The molecular formula is C17H17N5O2. The summed E-state index contributed by atoms with van der Waals surface area (Å²) in [5.41, 5.74) is 1.87. The van der Waals surface area contributed by atoms with Crippen molar-refractivity contribution < 1.29 is 4.92 Å². The smallest absolute Gasteiger partial charge is 0.311 e. The van der Waals surface area contributed by atoms with E-state index in [9.17, 15) is 10.1 Å². The Bertz CT molecular complexity index is 761. The maximum atomic E-state index is 11.1. The van der Waals surface area contributed by atoms with Crippen LogP contribution in [-0.2, 0) is 6.54 Å². The van der Waals surface area contributed by atoms with Gasteiger partial charge in [-0.1, -0.05) is 12.1 Å². The minimum Gasteiger partial charge on any atom is -0.348 e. The zero-order valence-corrected chi connectivity index (χ0v) is 13.1. The maximum absolute atomic E-state index is 11.1. The van der Waals surface area contributed by atoms with Crippen LogP contribution in [-0.4, -0.2) is 41.0 Å². The third-order valence-electron chi connectivity index (χ3n) is 4.12. The molecule has 3 rings (SSSR count). The average molecular weight is 323 g/mol. The summed E-state index contributed by atoms with van der Waals surface area (Å²) in [5.74, 6) is 0.445. The van der Waals surface area contributed by atoms with Crippen LogP contribution >= 0.6 is 0 Å². The van der Waals surface area contributed by atoms with Gasteiger partial charge >= 0.3 is 5.69 Å². The number of nitro groups is 1. The summed E-state index contributed by atoms with van der Waals surface area (Å²) in [4.78, 5) is 19.2. The first-order valence-electron chi connectivity index (χ1n) is 7.73. The van der Waals surface area contributed by atoms with Crippen LogP contribution in [0.15, 0.2) is 42.6 Å². The molecule has 1 aliphatic rings. The number of benzene rings is 1. The van der Waals surface area contributed by atoms with Gasteiger partial charge in [0.15, 0.2) is 0 Å². The highest BCUT2D eigenvalue weighted by atomic mass is 16.6. The van der Waals surface area contributed by atoms with Gasteiger partial charge in [-0.3, -0.25) is 15.0 Å². The number of piperazine rings is 1. The molecule has 0 unspecified atom stereocenters. The van der Waals surface area contributed by atoms with Crippen molar-refractivity contribution in [2.24, 2.45) is 0 Å². The zero-order chi connectivity index (χ0) is 16.9. The van der Waals surface area contributed by atoms with Gasteiger partial charge in [0.1, 0.15) is 0 Å². The molecule has 24 heavy (non-hydrogen) atoms. The Kier molecular flexibility index (Phi) is 4.68. The van der Waals surface area contributed by atoms with E-state index in [-0.39, 0.29) is 10.6 Å². The molecule has 0 amide bonds. The van der Waals surface area contributed by atoms with Gasteiger partial charge in [0.05, 0.1) is 16.6 Å². The number of nitrogens with zero attached hydrogens (tertiary/aromatic N) is 5. The molecular weight excluding hydrogens is 306 g/mol. The summed E-state index contributed by atoms with van der Waals surface area (Å²) in [6.07, 6.45) is 1.59. The van der Waals surface area contributed by atoms with Crippen LogP contribution in [0.25, 0.3) is 0 Å². The van der Waals surface area contributed by atoms with Crippen LogP contribution in [0.2, 0.25) is 0 Å². The molecule has 0 spiro atoms. The number of hydrogen-bond acceptors (Lipinski definition) is 6. The fourth-order valence-corrected chi connectivity index (χ4v) is 2.84. The van der Waals surface area contributed by atoms with E-state index in [4.69, 9.17) is 5.26 Å². The lowest BCUT2D eigenvalue weighted by Crippen LogP contribution is -2.46. The molecule has 1 aliphatic heterocycles. The molecule has 0 atom stereocenters. The van der Waals surface area contributed by atoms with Gasteiger partial charge in [0.2, 0.25) is 5.82 Å². The number of nitriles is 1. The molecule has 1 aromatic carbocycles. The van der Waals surface area contributed by atoms with Crippen molar-refractivity contribution in [1.82, 2.24) is 9.88 Å². The fraction of sp³-hybridized carbons (Fsp3) is 0.294. The van der Waals surface area contributed by atoms with E-state index < -0.39 is 0 Å². The third kappa shape index (κ3) is 3.50. The lowest BCUT2D eigenvalue weighted by Gasteiger charge is -2.35. The molecule has 1 saturated heterocycles. The van der Waals surface area contributed by atoms with E-state index in [1.165, 1.54) is 6.07 Å². The summed E-state index contributed by atoms with van der Waals surface area (Å²) in [6.45, 7) is 3.84. The Balaban J connectivity index is 1.62. The van der Waals surface area contributed by atoms with Gasteiger partial charge in [0, 0.05) is 45.0 Å². The van der Waals surface area contributed by atoms with Crippen LogP contribution < -0.4 is 4.90 Å². The molecule has 0 radical (unpaired) electrons. The highest BCUT2D eigenvalue weighted by molar-refractivity contribution is 5.57. The molecule has 0 bridgehead atoms. The van der Waals surface area contributed by atoms with Gasteiger partial charge in [-0.15, -0.1) is 0 Å². The van der Waals surface area contributed by atoms with Crippen LogP contribution in [0, 0.1) is 21.4 Å². The van der Waals surface area contributed by atoms with Gasteiger partial charge in [-0.05, 0) is 23.8 Å². The van der Waals surface area contributed by atoms with Crippen molar-refractivity contribution in [3.8, 4) is 6.07 Å². The number of anilines is 1. The molecule has 0 N–H and O–H groups in total.